The molecule has 1 heterocycles. The van der Waals surface area contributed by atoms with Crippen molar-refractivity contribution in [2.45, 2.75) is 19.4 Å². The molecule has 0 radical (unpaired) electrons. The van der Waals surface area contributed by atoms with Crippen LogP contribution < -0.4 is 5.32 Å². The van der Waals surface area contributed by atoms with Gasteiger partial charge >= 0.3 is 0 Å². The van der Waals surface area contributed by atoms with E-state index >= 15 is 0 Å². The number of rotatable bonds is 3. The van der Waals surface area contributed by atoms with Gasteiger partial charge in [0.25, 0.3) is 5.91 Å². The monoisotopic (exact) mass is 244 g/mol. The third-order valence-corrected chi connectivity index (χ3v) is 2.99. The number of carbonyl (C=O) groups excluding carboxylic acids is 1. The number of aromatic nitrogens is 1. The van der Waals surface area contributed by atoms with Crippen molar-refractivity contribution in [1.82, 2.24) is 4.98 Å². The second-order valence-corrected chi connectivity index (χ2v) is 4.57. The molecule has 94 valence electrons. The minimum atomic E-state index is -0.852. The minimum absolute atomic E-state index is 0.172. The highest BCUT2D eigenvalue weighted by Gasteiger charge is 2.27. The molecule has 0 aliphatic heterocycles. The molecule has 0 aliphatic carbocycles. The Morgan fingerprint density at radius 2 is 2.11 bits per heavy atom. The zero-order valence-electron chi connectivity index (χ0n) is 10.7. The molecule has 1 aromatic heterocycles. The van der Waals surface area contributed by atoms with Gasteiger partial charge in [0, 0.05) is 36.0 Å². The Kier molecular flexibility index (Phi) is 3.30. The molecule has 0 aliphatic rings. The zero-order valence-corrected chi connectivity index (χ0v) is 10.7. The molecule has 0 spiro atoms. The van der Waals surface area contributed by atoms with Crippen molar-refractivity contribution >= 4 is 22.4 Å². The first-order valence-electron chi connectivity index (χ1n) is 5.74. The molecule has 0 fully saturated rings. The van der Waals surface area contributed by atoms with Gasteiger partial charge in [0.1, 0.15) is 5.60 Å². The smallest absolute Gasteiger partial charge is 0.256 e. The van der Waals surface area contributed by atoms with Crippen molar-refractivity contribution < 1.29 is 9.53 Å². The predicted molar refractivity (Wildman–Crippen MR) is 71.5 cm³/mol. The van der Waals surface area contributed by atoms with Crippen LogP contribution in [0.4, 0.5) is 5.69 Å². The number of pyridine rings is 1. The van der Waals surface area contributed by atoms with Crippen molar-refractivity contribution in [3.63, 3.8) is 0 Å². The van der Waals surface area contributed by atoms with Crippen LogP contribution in [-0.2, 0) is 9.53 Å². The second-order valence-electron chi connectivity index (χ2n) is 4.57. The van der Waals surface area contributed by atoms with E-state index < -0.39 is 5.60 Å². The molecule has 18 heavy (non-hydrogen) atoms. The second kappa shape index (κ2) is 4.74. The van der Waals surface area contributed by atoms with Crippen LogP contribution >= 0.6 is 0 Å². The summed E-state index contributed by atoms with van der Waals surface area (Å²) in [7, 11) is 1.52. The minimum Gasteiger partial charge on any atom is -0.369 e. The van der Waals surface area contributed by atoms with E-state index in [9.17, 15) is 4.79 Å². The summed E-state index contributed by atoms with van der Waals surface area (Å²) in [5, 5.41) is 4.84. The fraction of sp³-hybridized carbons (Fsp3) is 0.286. The van der Waals surface area contributed by atoms with E-state index in [1.807, 2.05) is 24.3 Å². The van der Waals surface area contributed by atoms with Crippen LogP contribution in [0.3, 0.4) is 0 Å². The average molecular weight is 244 g/mol. The first-order chi connectivity index (χ1) is 8.54. The van der Waals surface area contributed by atoms with Crippen molar-refractivity contribution in [2.75, 3.05) is 12.4 Å². The topological polar surface area (TPSA) is 51.2 Å². The number of methoxy groups -OCH3 is 1. The van der Waals surface area contributed by atoms with E-state index in [-0.39, 0.29) is 5.91 Å². The fourth-order valence-corrected chi connectivity index (χ4v) is 1.60. The number of fused-ring (bicyclic) bond motifs is 1. The molecular weight excluding hydrogens is 228 g/mol. The van der Waals surface area contributed by atoms with E-state index in [0.717, 1.165) is 16.5 Å². The van der Waals surface area contributed by atoms with Gasteiger partial charge in [-0.15, -0.1) is 0 Å². The lowest BCUT2D eigenvalue weighted by molar-refractivity contribution is -0.133. The van der Waals surface area contributed by atoms with Crippen LogP contribution in [0.25, 0.3) is 10.8 Å². The predicted octanol–water partition coefficient (Wildman–Crippen LogP) is 2.60. The molecule has 0 bridgehead atoms. The molecule has 1 N–H and O–H groups in total. The highest BCUT2D eigenvalue weighted by molar-refractivity contribution is 6.04. The molecule has 1 aromatic carbocycles. The van der Waals surface area contributed by atoms with Crippen LogP contribution in [0.2, 0.25) is 0 Å². The summed E-state index contributed by atoms with van der Waals surface area (Å²) in [6, 6.07) is 7.59. The third-order valence-electron chi connectivity index (χ3n) is 2.99. The normalized spacial score (nSPS) is 11.5. The summed E-state index contributed by atoms with van der Waals surface area (Å²) in [4.78, 5) is 16.1. The van der Waals surface area contributed by atoms with Crippen molar-refractivity contribution in [3.8, 4) is 0 Å². The summed E-state index contributed by atoms with van der Waals surface area (Å²) in [6.45, 7) is 3.46. The van der Waals surface area contributed by atoms with Crippen LogP contribution in [0.15, 0.2) is 36.7 Å². The summed E-state index contributed by atoms with van der Waals surface area (Å²) < 4.78 is 5.16. The standard InChI is InChI=1S/C14H16N2O2/c1-14(2,18-3)13(17)16-12-6-4-5-10-9-15-8-7-11(10)12/h4-9H,1-3H3,(H,16,17). The summed E-state index contributed by atoms with van der Waals surface area (Å²) in [5.41, 5.74) is -0.0834. The molecule has 4 heteroatoms. The number of nitrogens with zero attached hydrogens (tertiary/aromatic N) is 1. The van der Waals surface area contributed by atoms with Crippen molar-refractivity contribution in [3.05, 3.63) is 36.7 Å². The first kappa shape index (κ1) is 12.5. The molecule has 0 saturated carbocycles. The van der Waals surface area contributed by atoms with Crippen LogP contribution in [-0.4, -0.2) is 23.6 Å². The van der Waals surface area contributed by atoms with E-state index in [2.05, 4.69) is 10.3 Å². The van der Waals surface area contributed by atoms with E-state index in [1.54, 1.807) is 26.2 Å². The number of nitrogens with one attached hydrogen (secondary N) is 1. The van der Waals surface area contributed by atoms with Gasteiger partial charge in [-0.3, -0.25) is 9.78 Å². The lowest BCUT2D eigenvalue weighted by atomic mass is 10.1. The molecule has 4 nitrogen and oxygen atoms in total. The number of carbonyl (C=O) groups is 1. The lowest BCUT2D eigenvalue weighted by Gasteiger charge is -2.22. The zero-order chi connectivity index (χ0) is 13.2. The maximum atomic E-state index is 12.1. The van der Waals surface area contributed by atoms with Gasteiger partial charge < -0.3 is 10.1 Å². The summed E-state index contributed by atoms with van der Waals surface area (Å²) in [6.07, 6.45) is 3.48. The number of hydrogen-bond donors (Lipinski definition) is 1. The molecule has 2 aromatic rings. The van der Waals surface area contributed by atoms with Gasteiger partial charge in [0.15, 0.2) is 0 Å². The van der Waals surface area contributed by atoms with Gasteiger partial charge in [-0.25, -0.2) is 0 Å². The SMILES string of the molecule is COC(C)(C)C(=O)Nc1cccc2cnccc12. The van der Waals surface area contributed by atoms with E-state index in [4.69, 9.17) is 4.74 Å². The highest BCUT2D eigenvalue weighted by Crippen LogP contribution is 2.23. The van der Waals surface area contributed by atoms with Gasteiger partial charge in [-0.2, -0.15) is 0 Å². The van der Waals surface area contributed by atoms with Crippen molar-refractivity contribution in [1.29, 1.82) is 0 Å². The van der Waals surface area contributed by atoms with Crippen LogP contribution in [0.5, 0.6) is 0 Å². The maximum Gasteiger partial charge on any atom is 0.256 e. The summed E-state index contributed by atoms with van der Waals surface area (Å²) >= 11 is 0. The van der Waals surface area contributed by atoms with E-state index in [1.165, 1.54) is 7.11 Å². The molecule has 0 atom stereocenters. The number of hydrogen-bond acceptors (Lipinski definition) is 3. The Labute approximate surface area is 106 Å². The fourth-order valence-electron chi connectivity index (χ4n) is 1.60. The maximum absolute atomic E-state index is 12.1. The van der Waals surface area contributed by atoms with Gasteiger partial charge in [-0.1, -0.05) is 12.1 Å². The highest BCUT2D eigenvalue weighted by atomic mass is 16.5. The molecule has 1 amide bonds. The Bertz CT molecular complexity index is 574. The summed E-state index contributed by atoms with van der Waals surface area (Å²) in [5.74, 6) is -0.172. The Morgan fingerprint density at radius 1 is 1.33 bits per heavy atom. The Hall–Kier alpha value is -1.94. The number of amides is 1. The molecule has 0 unspecified atom stereocenters. The number of anilines is 1. The van der Waals surface area contributed by atoms with Crippen LogP contribution in [0, 0.1) is 0 Å². The lowest BCUT2D eigenvalue weighted by Crippen LogP contribution is -2.38. The largest absolute Gasteiger partial charge is 0.369 e. The number of ether oxygens (including phenoxy) is 1. The van der Waals surface area contributed by atoms with E-state index in [0.29, 0.717) is 0 Å². The number of benzene rings is 1. The molecule has 2 rings (SSSR count). The van der Waals surface area contributed by atoms with Crippen LogP contribution in [0.1, 0.15) is 13.8 Å². The van der Waals surface area contributed by atoms with Gasteiger partial charge in [0.05, 0.1) is 0 Å². The van der Waals surface area contributed by atoms with Gasteiger partial charge in [0.2, 0.25) is 0 Å². The van der Waals surface area contributed by atoms with Crippen molar-refractivity contribution in [2.24, 2.45) is 0 Å². The molecular formula is C14H16N2O2. The Balaban J connectivity index is 2.36. The Morgan fingerprint density at radius 3 is 2.83 bits per heavy atom. The first-order valence-corrected chi connectivity index (χ1v) is 5.74. The average Bonchev–Trinajstić information content (AvgIpc) is 2.39. The third kappa shape index (κ3) is 2.33. The van der Waals surface area contributed by atoms with Gasteiger partial charge in [-0.05, 0) is 26.0 Å². The molecule has 0 saturated heterocycles. The quantitative estimate of drug-likeness (QED) is 0.902.